The Morgan fingerprint density at radius 1 is 1.39 bits per heavy atom. The summed E-state index contributed by atoms with van der Waals surface area (Å²) in [5, 5.41) is 7.55. The van der Waals surface area contributed by atoms with Crippen molar-refractivity contribution in [2.45, 2.75) is 32.9 Å². The molecule has 0 unspecified atom stereocenters. The zero-order valence-corrected chi connectivity index (χ0v) is 14.6. The van der Waals surface area contributed by atoms with E-state index in [1.165, 1.54) is 10.4 Å². The Labute approximate surface area is 141 Å². The molecule has 1 aliphatic heterocycles. The summed E-state index contributed by atoms with van der Waals surface area (Å²) in [6, 6.07) is 1.61. The molecule has 128 valence electrons. The topological polar surface area (TPSA) is 87.5 Å². The van der Waals surface area contributed by atoms with Crippen LogP contribution in [0.5, 0.6) is 0 Å². The summed E-state index contributed by atoms with van der Waals surface area (Å²) in [4.78, 5) is 27.3. The molecule has 0 aliphatic carbocycles. The summed E-state index contributed by atoms with van der Waals surface area (Å²) >= 11 is 1.82. The van der Waals surface area contributed by atoms with Gasteiger partial charge in [0.1, 0.15) is 0 Å². The van der Waals surface area contributed by atoms with Gasteiger partial charge in [0.15, 0.2) is 0 Å². The Morgan fingerprint density at radius 2 is 2.17 bits per heavy atom. The van der Waals surface area contributed by atoms with E-state index in [1.54, 1.807) is 0 Å². The number of amides is 2. The van der Waals surface area contributed by atoms with E-state index in [1.807, 2.05) is 25.2 Å². The highest BCUT2D eigenvalue weighted by Crippen LogP contribution is 2.23. The quantitative estimate of drug-likeness (QED) is 0.668. The molecule has 23 heavy (non-hydrogen) atoms. The van der Waals surface area contributed by atoms with Gasteiger partial charge in [0.2, 0.25) is 11.8 Å². The van der Waals surface area contributed by atoms with Crippen LogP contribution in [0.15, 0.2) is 11.4 Å². The van der Waals surface area contributed by atoms with E-state index in [0.29, 0.717) is 6.54 Å². The summed E-state index contributed by atoms with van der Waals surface area (Å²) in [5.74, 6) is -0.405. The molecular weight excluding hydrogens is 312 g/mol. The van der Waals surface area contributed by atoms with Gasteiger partial charge in [-0.25, -0.2) is 0 Å². The van der Waals surface area contributed by atoms with E-state index in [-0.39, 0.29) is 24.3 Å². The van der Waals surface area contributed by atoms with E-state index >= 15 is 0 Å². The zero-order valence-electron chi connectivity index (χ0n) is 13.8. The largest absolute Gasteiger partial charge is 0.353 e. The van der Waals surface area contributed by atoms with Gasteiger partial charge in [-0.1, -0.05) is 13.8 Å². The highest BCUT2D eigenvalue weighted by atomic mass is 32.1. The Morgan fingerprint density at radius 3 is 2.91 bits per heavy atom. The number of rotatable bonds is 7. The average molecular weight is 338 g/mol. The molecule has 1 atom stereocenters. The number of hydrogen-bond acceptors (Lipinski definition) is 5. The minimum atomic E-state index is -0.573. The Bertz CT molecular complexity index is 544. The molecule has 2 rings (SSSR count). The minimum absolute atomic E-state index is 0.0199. The van der Waals surface area contributed by atoms with Crippen LogP contribution in [-0.4, -0.2) is 48.9 Å². The van der Waals surface area contributed by atoms with Gasteiger partial charge >= 0.3 is 0 Å². The van der Waals surface area contributed by atoms with Gasteiger partial charge in [0.05, 0.1) is 12.6 Å². The first-order chi connectivity index (χ1) is 11.0. The van der Waals surface area contributed by atoms with Crippen LogP contribution >= 0.6 is 11.3 Å². The maximum atomic E-state index is 11.8. The Hall–Kier alpha value is -1.44. The lowest BCUT2D eigenvalue weighted by Gasteiger charge is -2.26. The van der Waals surface area contributed by atoms with E-state index in [9.17, 15) is 9.59 Å². The first-order valence-electron chi connectivity index (χ1n) is 8.05. The number of thiophene rings is 1. The maximum Gasteiger partial charge on any atom is 0.239 e. The molecule has 7 heteroatoms. The third-order valence-corrected chi connectivity index (χ3v) is 5.10. The standard InChI is InChI=1S/C16H26N4O2S/c1-11(2)15(17)16(22)19-9-14(21)18-5-7-20-6-3-13-12(10-20)4-8-23-13/h4,8,11,15H,3,5-7,9-10,17H2,1-2H3,(H,18,21)(H,19,22)/t15-/m0/s1. The van der Waals surface area contributed by atoms with Crippen molar-refractivity contribution in [2.24, 2.45) is 11.7 Å². The fraction of sp³-hybridized carbons (Fsp3) is 0.625. The SMILES string of the molecule is CC(C)[C@H](N)C(=O)NCC(=O)NCCN1CCc2sccc2C1. The van der Waals surface area contributed by atoms with Crippen LogP contribution in [0.1, 0.15) is 24.3 Å². The number of nitrogens with two attached hydrogens (primary N) is 1. The highest BCUT2D eigenvalue weighted by molar-refractivity contribution is 7.10. The van der Waals surface area contributed by atoms with Crippen LogP contribution in [0.2, 0.25) is 0 Å². The number of hydrogen-bond donors (Lipinski definition) is 3. The molecule has 6 nitrogen and oxygen atoms in total. The van der Waals surface area contributed by atoms with Crippen LogP contribution in [-0.2, 0) is 22.6 Å². The van der Waals surface area contributed by atoms with Gasteiger partial charge in [-0.3, -0.25) is 14.5 Å². The molecule has 0 fully saturated rings. The molecule has 0 bridgehead atoms. The van der Waals surface area contributed by atoms with Crippen LogP contribution < -0.4 is 16.4 Å². The molecule has 2 heterocycles. The summed E-state index contributed by atoms with van der Waals surface area (Å²) in [5.41, 5.74) is 7.13. The fourth-order valence-electron chi connectivity index (χ4n) is 2.50. The monoisotopic (exact) mass is 338 g/mol. The smallest absolute Gasteiger partial charge is 0.239 e. The van der Waals surface area contributed by atoms with Gasteiger partial charge in [-0.15, -0.1) is 11.3 Å². The number of carbonyl (C=O) groups excluding carboxylic acids is 2. The first-order valence-corrected chi connectivity index (χ1v) is 8.93. The zero-order chi connectivity index (χ0) is 16.8. The van der Waals surface area contributed by atoms with Crippen molar-refractivity contribution < 1.29 is 9.59 Å². The molecule has 2 amide bonds. The second-order valence-corrected chi connectivity index (χ2v) is 7.23. The normalized spacial score (nSPS) is 16.0. The van der Waals surface area contributed by atoms with Crippen molar-refractivity contribution in [1.29, 1.82) is 0 Å². The average Bonchev–Trinajstić information content (AvgIpc) is 2.99. The second-order valence-electron chi connectivity index (χ2n) is 6.23. The molecule has 4 N–H and O–H groups in total. The molecule has 0 saturated heterocycles. The predicted molar refractivity (Wildman–Crippen MR) is 92.1 cm³/mol. The van der Waals surface area contributed by atoms with E-state index in [0.717, 1.165) is 26.1 Å². The van der Waals surface area contributed by atoms with E-state index in [2.05, 4.69) is 27.0 Å². The maximum absolute atomic E-state index is 11.8. The Kier molecular flexibility index (Phi) is 6.56. The molecule has 1 aliphatic rings. The lowest BCUT2D eigenvalue weighted by Crippen LogP contribution is -2.47. The molecule has 1 aromatic heterocycles. The van der Waals surface area contributed by atoms with Gasteiger partial charge in [0, 0.05) is 31.1 Å². The summed E-state index contributed by atoms with van der Waals surface area (Å²) in [6.45, 7) is 7.13. The van der Waals surface area contributed by atoms with Gasteiger partial charge < -0.3 is 16.4 Å². The van der Waals surface area contributed by atoms with E-state index < -0.39 is 6.04 Å². The van der Waals surface area contributed by atoms with E-state index in [4.69, 9.17) is 5.73 Å². The number of carbonyl (C=O) groups is 2. The Balaban J connectivity index is 1.61. The van der Waals surface area contributed by atoms with Gasteiger partial charge in [-0.2, -0.15) is 0 Å². The molecule has 0 radical (unpaired) electrons. The third kappa shape index (κ3) is 5.30. The first kappa shape index (κ1) is 17.9. The third-order valence-electron chi connectivity index (χ3n) is 4.08. The van der Waals surface area contributed by atoms with Crippen LogP contribution in [0, 0.1) is 5.92 Å². The summed E-state index contributed by atoms with van der Waals surface area (Å²) in [6.07, 6.45) is 1.09. The fourth-order valence-corrected chi connectivity index (χ4v) is 3.39. The van der Waals surface area contributed by atoms with Gasteiger partial charge in [0.25, 0.3) is 0 Å². The number of fused-ring (bicyclic) bond motifs is 1. The minimum Gasteiger partial charge on any atom is -0.353 e. The molecule has 0 aromatic carbocycles. The molecule has 0 saturated carbocycles. The number of nitrogens with zero attached hydrogens (tertiary/aromatic N) is 1. The van der Waals surface area contributed by atoms with Crippen molar-refractivity contribution in [3.63, 3.8) is 0 Å². The van der Waals surface area contributed by atoms with Gasteiger partial charge in [-0.05, 0) is 29.3 Å². The summed E-state index contributed by atoms with van der Waals surface area (Å²) < 4.78 is 0. The lowest BCUT2D eigenvalue weighted by atomic mass is 10.1. The van der Waals surface area contributed by atoms with Crippen molar-refractivity contribution in [1.82, 2.24) is 15.5 Å². The molecule has 1 aromatic rings. The van der Waals surface area contributed by atoms with Crippen LogP contribution in [0.25, 0.3) is 0 Å². The second kappa shape index (κ2) is 8.42. The predicted octanol–water partition coefficient (Wildman–Crippen LogP) is 0.322. The highest BCUT2D eigenvalue weighted by Gasteiger charge is 2.18. The van der Waals surface area contributed by atoms with Crippen molar-refractivity contribution in [2.75, 3.05) is 26.2 Å². The lowest BCUT2D eigenvalue weighted by molar-refractivity contribution is -0.127. The van der Waals surface area contributed by atoms with Crippen LogP contribution in [0.4, 0.5) is 0 Å². The summed E-state index contributed by atoms with van der Waals surface area (Å²) in [7, 11) is 0. The van der Waals surface area contributed by atoms with Crippen molar-refractivity contribution in [3.05, 3.63) is 21.9 Å². The van der Waals surface area contributed by atoms with Crippen molar-refractivity contribution >= 4 is 23.2 Å². The number of nitrogens with one attached hydrogen (secondary N) is 2. The van der Waals surface area contributed by atoms with Crippen molar-refractivity contribution in [3.8, 4) is 0 Å². The molecule has 0 spiro atoms. The van der Waals surface area contributed by atoms with Crippen LogP contribution in [0.3, 0.4) is 0 Å². The molecular formula is C16H26N4O2S.